The summed E-state index contributed by atoms with van der Waals surface area (Å²) in [6.07, 6.45) is 7.63. The molecule has 0 aliphatic carbocycles. The summed E-state index contributed by atoms with van der Waals surface area (Å²) < 4.78 is 7.35. The third kappa shape index (κ3) is 7.46. The summed E-state index contributed by atoms with van der Waals surface area (Å²) in [6.45, 7) is 6.31. The number of hydrogen-bond acceptors (Lipinski definition) is 3. The minimum Gasteiger partial charge on any atom is -0.382 e. The Labute approximate surface area is 115 Å². The number of nitrogens with one attached hydrogen (secondary N) is 2. The minimum atomic E-state index is 0.779. The van der Waals surface area contributed by atoms with Crippen LogP contribution in [-0.4, -0.2) is 48.9 Å². The van der Waals surface area contributed by atoms with Crippen LogP contribution >= 0.6 is 0 Å². The lowest BCUT2D eigenvalue weighted by molar-refractivity contribution is 0.145. The normalized spacial score (nSPS) is 11.6. The van der Waals surface area contributed by atoms with Gasteiger partial charge < -0.3 is 19.9 Å². The number of hydrogen-bond donors (Lipinski definition) is 2. The molecule has 0 aliphatic heterocycles. The highest BCUT2D eigenvalue weighted by Crippen LogP contribution is 1.89. The first-order valence-electron chi connectivity index (χ1n) is 6.84. The van der Waals surface area contributed by atoms with E-state index < -0.39 is 0 Å². The van der Waals surface area contributed by atoms with Crippen molar-refractivity contribution in [3.8, 4) is 0 Å². The van der Waals surface area contributed by atoms with E-state index in [1.165, 1.54) is 0 Å². The van der Waals surface area contributed by atoms with Crippen molar-refractivity contribution in [2.24, 2.45) is 4.99 Å². The van der Waals surface area contributed by atoms with Crippen LogP contribution in [0.2, 0.25) is 0 Å². The second-order valence-corrected chi connectivity index (χ2v) is 4.13. The third-order valence-corrected chi connectivity index (χ3v) is 2.63. The largest absolute Gasteiger partial charge is 0.382 e. The smallest absolute Gasteiger partial charge is 0.190 e. The van der Waals surface area contributed by atoms with Gasteiger partial charge in [0.05, 0.1) is 6.33 Å². The van der Waals surface area contributed by atoms with Gasteiger partial charge in [-0.3, -0.25) is 4.99 Å². The summed E-state index contributed by atoms with van der Waals surface area (Å²) in [4.78, 5) is 8.19. The summed E-state index contributed by atoms with van der Waals surface area (Å²) >= 11 is 0. The van der Waals surface area contributed by atoms with E-state index in [0.717, 1.165) is 51.6 Å². The van der Waals surface area contributed by atoms with Gasteiger partial charge >= 0.3 is 0 Å². The summed E-state index contributed by atoms with van der Waals surface area (Å²) in [5.74, 6) is 0.849. The Balaban J connectivity index is 2.02. The van der Waals surface area contributed by atoms with Gasteiger partial charge in [-0.15, -0.1) is 0 Å². The first-order valence-corrected chi connectivity index (χ1v) is 6.84. The standard InChI is InChI=1S/C13H25N5O/c1-3-19-11-5-7-17-13(14-2)16-6-4-9-18-10-8-15-12-18/h8,10,12H,3-7,9,11H2,1-2H3,(H2,14,16,17). The Hall–Kier alpha value is -1.56. The van der Waals surface area contributed by atoms with E-state index in [9.17, 15) is 0 Å². The molecule has 0 amide bonds. The molecular weight excluding hydrogens is 242 g/mol. The first kappa shape index (κ1) is 15.5. The molecule has 1 aromatic rings. The van der Waals surface area contributed by atoms with E-state index in [1.807, 2.05) is 19.4 Å². The van der Waals surface area contributed by atoms with Gasteiger partial charge in [0.15, 0.2) is 5.96 Å². The van der Waals surface area contributed by atoms with Gasteiger partial charge in [0.25, 0.3) is 0 Å². The molecule has 0 spiro atoms. The first-order chi connectivity index (χ1) is 9.36. The van der Waals surface area contributed by atoms with Crippen LogP contribution in [0.3, 0.4) is 0 Å². The molecule has 0 saturated heterocycles. The molecule has 1 heterocycles. The van der Waals surface area contributed by atoms with E-state index in [1.54, 1.807) is 13.2 Å². The molecule has 6 heteroatoms. The van der Waals surface area contributed by atoms with Gasteiger partial charge in [0, 0.05) is 52.3 Å². The van der Waals surface area contributed by atoms with Gasteiger partial charge in [-0.25, -0.2) is 4.98 Å². The summed E-state index contributed by atoms with van der Waals surface area (Å²) in [5.41, 5.74) is 0. The molecule has 0 aromatic carbocycles. The third-order valence-electron chi connectivity index (χ3n) is 2.63. The van der Waals surface area contributed by atoms with Gasteiger partial charge in [0.2, 0.25) is 0 Å². The summed E-state index contributed by atoms with van der Waals surface area (Å²) in [6, 6.07) is 0. The van der Waals surface area contributed by atoms with Gasteiger partial charge in [0.1, 0.15) is 0 Å². The predicted octanol–water partition coefficient (Wildman–Crippen LogP) is 0.865. The monoisotopic (exact) mass is 267 g/mol. The Morgan fingerprint density at radius 3 is 2.74 bits per heavy atom. The lowest BCUT2D eigenvalue weighted by atomic mass is 10.4. The summed E-state index contributed by atoms with van der Waals surface area (Å²) in [5, 5.41) is 6.55. The Morgan fingerprint density at radius 1 is 1.32 bits per heavy atom. The SMILES string of the molecule is CCOCCCNC(=NC)NCCCn1ccnc1. The molecule has 0 atom stereocenters. The molecule has 0 radical (unpaired) electrons. The van der Waals surface area contributed by atoms with Crippen molar-refractivity contribution in [3.05, 3.63) is 18.7 Å². The second-order valence-electron chi connectivity index (χ2n) is 4.13. The maximum absolute atomic E-state index is 5.28. The van der Waals surface area contributed by atoms with E-state index in [2.05, 4.69) is 25.2 Å². The lowest BCUT2D eigenvalue weighted by Crippen LogP contribution is -2.38. The molecular formula is C13H25N5O. The van der Waals surface area contributed by atoms with Crippen molar-refractivity contribution in [3.63, 3.8) is 0 Å². The molecule has 0 unspecified atom stereocenters. The maximum Gasteiger partial charge on any atom is 0.190 e. The molecule has 0 bridgehead atoms. The zero-order valence-corrected chi connectivity index (χ0v) is 11.9. The van der Waals surface area contributed by atoms with E-state index in [4.69, 9.17) is 4.74 Å². The number of nitrogens with zero attached hydrogens (tertiary/aromatic N) is 3. The van der Waals surface area contributed by atoms with E-state index >= 15 is 0 Å². The Bertz CT molecular complexity index is 337. The average molecular weight is 267 g/mol. The van der Waals surface area contributed by atoms with Crippen molar-refractivity contribution >= 4 is 5.96 Å². The Morgan fingerprint density at radius 2 is 2.11 bits per heavy atom. The van der Waals surface area contributed by atoms with E-state index in [0.29, 0.717) is 0 Å². The topological polar surface area (TPSA) is 63.5 Å². The van der Waals surface area contributed by atoms with Crippen molar-refractivity contribution in [1.29, 1.82) is 0 Å². The van der Waals surface area contributed by atoms with Gasteiger partial charge in [-0.2, -0.15) is 0 Å². The summed E-state index contributed by atoms with van der Waals surface area (Å²) in [7, 11) is 1.79. The number of guanidine groups is 1. The zero-order chi connectivity index (χ0) is 13.8. The van der Waals surface area contributed by atoms with Gasteiger partial charge in [-0.05, 0) is 19.8 Å². The molecule has 0 fully saturated rings. The fourth-order valence-corrected chi connectivity index (χ4v) is 1.63. The number of rotatable bonds is 9. The number of aliphatic imine (C=N–C) groups is 1. The quantitative estimate of drug-likeness (QED) is 0.396. The van der Waals surface area contributed by atoms with Crippen LogP contribution in [0.15, 0.2) is 23.7 Å². The van der Waals surface area contributed by atoms with Crippen LogP contribution in [0.25, 0.3) is 0 Å². The van der Waals surface area contributed by atoms with Crippen molar-refractivity contribution < 1.29 is 4.74 Å². The van der Waals surface area contributed by atoms with Crippen LogP contribution < -0.4 is 10.6 Å². The molecule has 0 saturated carbocycles. The highest BCUT2D eigenvalue weighted by Gasteiger charge is 1.96. The number of ether oxygens (including phenoxy) is 1. The molecule has 2 N–H and O–H groups in total. The molecule has 0 aliphatic rings. The minimum absolute atomic E-state index is 0.779. The van der Waals surface area contributed by atoms with Gasteiger partial charge in [-0.1, -0.05) is 0 Å². The van der Waals surface area contributed by atoms with Crippen molar-refractivity contribution in [2.45, 2.75) is 26.3 Å². The molecule has 108 valence electrons. The van der Waals surface area contributed by atoms with Crippen LogP contribution in [0.4, 0.5) is 0 Å². The van der Waals surface area contributed by atoms with Crippen LogP contribution in [0.1, 0.15) is 19.8 Å². The average Bonchev–Trinajstić information content (AvgIpc) is 2.94. The molecule has 19 heavy (non-hydrogen) atoms. The fourth-order valence-electron chi connectivity index (χ4n) is 1.63. The highest BCUT2D eigenvalue weighted by atomic mass is 16.5. The van der Waals surface area contributed by atoms with Crippen LogP contribution in [0, 0.1) is 0 Å². The highest BCUT2D eigenvalue weighted by molar-refractivity contribution is 5.79. The molecule has 6 nitrogen and oxygen atoms in total. The number of aryl methyl sites for hydroxylation is 1. The number of imidazole rings is 1. The molecule has 1 rings (SSSR count). The maximum atomic E-state index is 5.28. The number of aromatic nitrogens is 2. The fraction of sp³-hybridized carbons (Fsp3) is 0.692. The Kier molecular flexibility index (Phi) is 8.46. The van der Waals surface area contributed by atoms with Crippen molar-refractivity contribution in [2.75, 3.05) is 33.4 Å². The second kappa shape index (κ2) is 10.4. The predicted molar refractivity (Wildman–Crippen MR) is 77.3 cm³/mol. The lowest BCUT2D eigenvalue weighted by Gasteiger charge is -2.11. The van der Waals surface area contributed by atoms with Crippen LogP contribution in [0.5, 0.6) is 0 Å². The molecule has 1 aromatic heterocycles. The van der Waals surface area contributed by atoms with E-state index in [-0.39, 0.29) is 0 Å². The van der Waals surface area contributed by atoms with Crippen molar-refractivity contribution in [1.82, 2.24) is 20.2 Å². The van der Waals surface area contributed by atoms with Crippen LogP contribution in [-0.2, 0) is 11.3 Å². The zero-order valence-electron chi connectivity index (χ0n) is 11.9.